The molecule has 5 aromatic rings. The van der Waals surface area contributed by atoms with Gasteiger partial charge in [0.25, 0.3) is 0 Å². The Morgan fingerprint density at radius 3 is 1.24 bits per heavy atom. The van der Waals surface area contributed by atoms with Crippen molar-refractivity contribution in [3.05, 3.63) is 120 Å². The molecule has 0 aromatic carbocycles. The van der Waals surface area contributed by atoms with Crippen LogP contribution in [0.15, 0.2) is 97.3 Å². The van der Waals surface area contributed by atoms with E-state index in [1.54, 1.807) is 12.4 Å². The van der Waals surface area contributed by atoms with E-state index in [0.29, 0.717) is 0 Å². The molecule has 0 fully saturated rings. The fourth-order valence-corrected chi connectivity index (χ4v) is 3.97. The number of H-pyrrole nitrogens is 2. The summed E-state index contributed by atoms with van der Waals surface area (Å²) in [4.78, 5) is 24.4. The summed E-state index contributed by atoms with van der Waals surface area (Å²) in [6.07, 6.45) is 11.6. The zero-order valence-electron chi connectivity index (χ0n) is 19.7. The molecule has 2 N–H and O–H groups in total. The first kappa shape index (κ1) is 24.1. The number of nitrogens with zero attached hydrogens (tertiary/aromatic N) is 4. The molecule has 0 aliphatic carbocycles. The minimum atomic E-state index is 0. The van der Waals surface area contributed by atoms with Crippen molar-refractivity contribution in [1.29, 1.82) is 0 Å². The molecular formula is C30H22FeN6. The summed E-state index contributed by atoms with van der Waals surface area (Å²) in [7, 11) is 0. The van der Waals surface area contributed by atoms with E-state index < -0.39 is 0 Å². The number of rotatable bonds is 1. The Morgan fingerprint density at radius 1 is 0.432 bits per heavy atom. The van der Waals surface area contributed by atoms with Crippen molar-refractivity contribution in [1.82, 2.24) is 29.9 Å². The van der Waals surface area contributed by atoms with Gasteiger partial charge in [-0.15, -0.1) is 0 Å². The van der Waals surface area contributed by atoms with Gasteiger partial charge in [-0.25, -0.2) is 9.97 Å². The van der Waals surface area contributed by atoms with E-state index in [-0.39, 0.29) is 17.1 Å². The molecule has 7 rings (SSSR count). The molecule has 0 saturated carbocycles. The van der Waals surface area contributed by atoms with E-state index >= 15 is 0 Å². The molecule has 180 valence electrons. The average Bonchev–Trinajstić information content (AvgIpc) is 3.72. The molecule has 0 radical (unpaired) electrons. The second-order valence-corrected chi connectivity index (χ2v) is 8.34. The van der Waals surface area contributed by atoms with E-state index in [0.717, 1.165) is 56.2 Å². The number of aromatic amines is 2. The summed E-state index contributed by atoms with van der Waals surface area (Å²) < 4.78 is 0. The molecule has 0 amide bonds. The molecule has 0 spiro atoms. The topological polar surface area (TPSA) is 83.1 Å². The summed E-state index contributed by atoms with van der Waals surface area (Å²) in [5, 5.41) is 0. The van der Waals surface area contributed by atoms with Crippen molar-refractivity contribution >= 4 is 46.4 Å². The zero-order valence-corrected chi connectivity index (χ0v) is 20.8. The summed E-state index contributed by atoms with van der Waals surface area (Å²) in [6.45, 7) is 0. The predicted molar refractivity (Wildman–Crippen MR) is 146 cm³/mol. The van der Waals surface area contributed by atoms with Crippen LogP contribution in [0.5, 0.6) is 0 Å². The van der Waals surface area contributed by atoms with Crippen LogP contribution in [0.4, 0.5) is 0 Å². The summed E-state index contributed by atoms with van der Waals surface area (Å²) in [5.74, 6) is 0. The van der Waals surface area contributed by atoms with Crippen LogP contribution in [0.2, 0.25) is 0 Å². The first-order valence-corrected chi connectivity index (χ1v) is 11.6. The van der Waals surface area contributed by atoms with Gasteiger partial charge in [-0.1, -0.05) is 12.1 Å². The maximum absolute atomic E-state index is 4.62. The van der Waals surface area contributed by atoms with E-state index in [1.807, 2.05) is 78.9 Å². The van der Waals surface area contributed by atoms with Gasteiger partial charge < -0.3 is 9.97 Å². The first-order chi connectivity index (χ1) is 17.8. The Kier molecular flexibility index (Phi) is 7.17. The van der Waals surface area contributed by atoms with Gasteiger partial charge in [0.05, 0.1) is 34.2 Å². The zero-order chi connectivity index (χ0) is 24.2. The Bertz CT molecular complexity index is 1610. The first-order valence-electron chi connectivity index (χ1n) is 11.6. The van der Waals surface area contributed by atoms with Crippen LogP contribution in [0, 0.1) is 0 Å². The Hall–Kier alpha value is -4.58. The molecule has 5 aromatic heterocycles. The second-order valence-electron chi connectivity index (χ2n) is 8.34. The molecule has 37 heavy (non-hydrogen) atoms. The average molecular weight is 522 g/mol. The van der Waals surface area contributed by atoms with Crippen LogP contribution in [-0.2, 0) is 17.1 Å². The van der Waals surface area contributed by atoms with E-state index in [1.165, 1.54) is 0 Å². The summed E-state index contributed by atoms with van der Waals surface area (Å²) in [6, 6.07) is 28.0. The molecule has 6 nitrogen and oxygen atoms in total. The fourth-order valence-electron chi connectivity index (χ4n) is 3.97. The van der Waals surface area contributed by atoms with Crippen molar-refractivity contribution < 1.29 is 17.1 Å². The number of nitrogens with one attached hydrogen (secondary N) is 2. The number of hydrogen-bond acceptors (Lipinski definition) is 4. The van der Waals surface area contributed by atoms with Crippen molar-refractivity contribution in [3.63, 3.8) is 0 Å². The minimum absolute atomic E-state index is 0. The quantitative estimate of drug-likeness (QED) is 0.233. The Morgan fingerprint density at radius 2 is 0.838 bits per heavy atom. The van der Waals surface area contributed by atoms with Crippen molar-refractivity contribution in [2.75, 3.05) is 0 Å². The standard InChI is InChI=1S/C20H14N4.C10H8N2.Fe/c1-2-14-10-16-5-6-18(23-16)12-20-8-7-19(24-20)11-17-4-3-15(22-17)9-13(1)21-14;1-3-7-11-9(5-1)10-6-2-4-8-12-10;/h1-12,21-22H;1-8H;. The van der Waals surface area contributed by atoms with Crippen LogP contribution in [0.25, 0.3) is 57.8 Å². The number of hydrogen-bond donors (Lipinski definition) is 2. The van der Waals surface area contributed by atoms with Crippen LogP contribution in [0.1, 0.15) is 22.8 Å². The third kappa shape index (κ3) is 5.98. The van der Waals surface area contributed by atoms with Crippen molar-refractivity contribution in [2.45, 2.75) is 0 Å². The largest absolute Gasteiger partial charge is 0.355 e. The fraction of sp³-hybridized carbons (Fsp3) is 0. The predicted octanol–water partition coefficient (Wildman–Crippen LogP) is 6.80. The Balaban J connectivity index is 0.000000183. The molecule has 2 aliphatic rings. The molecule has 7 heterocycles. The van der Waals surface area contributed by atoms with Gasteiger partial charge in [0, 0.05) is 51.5 Å². The van der Waals surface area contributed by atoms with Crippen LogP contribution in [0.3, 0.4) is 0 Å². The third-order valence-electron chi connectivity index (χ3n) is 5.63. The smallest absolute Gasteiger partial charge is 0.0886 e. The maximum Gasteiger partial charge on any atom is 0.0886 e. The monoisotopic (exact) mass is 522 g/mol. The van der Waals surface area contributed by atoms with Gasteiger partial charge in [-0.05, 0) is 97.1 Å². The van der Waals surface area contributed by atoms with E-state index in [9.17, 15) is 0 Å². The molecule has 8 bridgehead atoms. The van der Waals surface area contributed by atoms with Gasteiger partial charge in [-0.2, -0.15) is 0 Å². The molecule has 0 atom stereocenters. The second kappa shape index (κ2) is 11.0. The maximum atomic E-state index is 4.62. The van der Waals surface area contributed by atoms with Gasteiger partial charge in [0.2, 0.25) is 0 Å². The van der Waals surface area contributed by atoms with Crippen LogP contribution >= 0.6 is 0 Å². The number of pyridine rings is 2. The number of fused-ring (bicyclic) bond motifs is 8. The van der Waals surface area contributed by atoms with Crippen LogP contribution < -0.4 is 0 Å². The van der Waals surface area contributed by atoms with Gasteiger partial charge in [0.1, 0.15) is 0 Å². The summed E-state index contributed by atoms with van der Waals surface area (Å²) >= 11 is 0. The summed E-state index contributed by atoms with van der Waals surface area (Å²) in [5.41, 5.74) is 9.69. The molecule has 7 heteroatoms. The van der Waals surface area contributed by atoms with E-state index in [2.05, 4.69) is 60.2 Å². The van der Waals surface area contributed by atoms with Gasteiger partial charge in [-0.3, -0.25) is 9.97 Å². The van der Waals surface area contributed by atoms with Gasteiger partial charge >= 0.3 is 0 Å². The number of aromatic nitrogens is 6. The van der Waals surface area contributed by atoms with E-state index in [4.69, 9.17) is 0 Å². The Labute approximate surface area is 224 Å². The SMILES string of the molecule is C1=Cc2cc3ccc(cc4ccc(cc5nc(cc1n2)C=C5)[nH]4)[nH]3.[Fe].c1ccc(-c2ccccn2)nc1. The van der Waals surface area contributed by atoms with Gasteiger partial charge in [0.15, 0.2) is 0 Å². The minimum Gasteiger partial charge on any atom is -0.355 e. The normalized spacial score (nSPS) is 11.4. The molecule has 2 aliphatic heterocycles. The van der Waals surface area contributed by atoms with Crippen molar-refractivity contribution in [3.8, 4) is 11.4 Å². The molecular weight excluding hydrogens is 500 g/mol. The van der Waals surface area contributed by atoms with Crippen LogP contribution in [-0.4, -0.2) is 29.9 Å². The van der Waals surface area contributed by atoms with Crippen molar-refractivity contribution in [2.24, 2.45) is 0 Å². The third-order valence-corrected chi connectivity index (χ3v) is 5.63. The molecule has 0 unspecified atom stereocenters. The molecule has 0 saturated heterocycles.